The third kappa shape index (κ3) is 13.4. The highest BCUT2D eigenvalue weighted by molar-refractivity contribution is 5.85. The lowest BCUT2D eigenvalue weighted by atomic mass is 9.97. The van der Waals surface area contributed by atoms with Crippen LogP contribution in [0.25, 0.3) is 0 Å². The van der Waals surface area contributed by atoms with E-state index in [1.807, 2.05) is 24.3 Å². The van der Waals surface area contributed by atoms with E-state index in [0.29, 0.717) is 12.8 Å². The van der Waals surface area contributed by atoms with E-state index in [-0.39, 0.29) is 50.0 Å². The summed E-state index contributed by atoms with van der Waals surface area (Å²) >= 11 is 0. The summed E-state index contributed by atoms with van der Waals surface area (Å²) in [6.45, 7) is -0.0958. The minimum absolute atomic E-state index is 0.00764. The van der Waals surface area contributed by atoms with Gasteiger partial charge in [0, 0.05) is 32.8 Å². The highest BCUT2D eigenvalue weighted by Crippen LogP contribution is 2.19. The molecule has 0 fully saturated rings. The van der Waals surface area contributed by atoms with E-state index in [1.165, 1.54) is 58.7 Å². The first-order chi connectivity index (χ1) is 26.2. The van der Waals surface area contributed by atoms with Crippen LogP contribution in [-0.4, -0.2) is 44.5 Å². The molecular formula is C47H48O7. The highest BCUT2D eigenvalue weighted by atomic mass is 16.7. The minimum Gasteiger partial charge on any atom is -0.469 e. The largest absolute Gasteiger partial charge is 0.469 e. The fraction of sp³-hybridized carbons (Fsp3) is 0.277. The predicted molar refractivity (Wildman–Crippen MR) is 209 cm³/mol. The SMILES string of the molecule is COCOC(=O)CCC(=O)Cc1ccc(Cc2ccc(Cc3ccc(Cc4ccc(Cc5ccc(CC(=O)CCC(=O)OC)cc5)cc4)cc3)cc2)cc1. The van der Waals surface area contributed by atoms with Crippen molar-refractivity contribution in [1.82, 2.24) is 0 Å². The molecule has 0 aliphatic carbocycles. The van der Waals surface area contributed by atoms with Crippen molar-refractivity contribution in [3.63, 3.8) is 0 Å². The maximum absolute atomic E-state index is 12.3. The zero-order valence-corrected chi connectivity index (χ0v) is 31.2. The molecule has 7 heteroatoms. The van der Waals surface area contributed by atoms with Crippen molar-refractivity contribution < 1.29 is 33.4 Å². The summed E-state index contributed by atoms with van der Waals surface area (Å²) in [5.41, 5.74) is 11.8. The van der Waals surface area contributed by atoms with E-state index in [1.54, 1.807) is 0 Å². The smallest absolute Gasteiger partial charge is 0.308 e. The predicted octanol–water partition coefficient (Wildman–Crippen LogP) is 8.15. The van der Waals surface area contributed by atoms with Crippen LogP contribution in [-0.2, 0) is 71.9 Å². The standard InChI is InChI=1S/C47H48O7/c1-52-33-54-47(51)26-24-45(49)32-43-21-17-41(18-22-43)30-39-13-9-37(10-14-39)28-35-5-3-34(4-6-35)27-36-7-11-38(12-8-36)29-40-15-19-42(20-16-40)31-44(48)23-25-46(50)53-2/h3-22H,23-33H2,1-2H3. The summed E-state index contributed by atoms with van der Waals surface area (Å²) in [6, 6.07) is 42.6. The number of carbonyl (C=O) groups is 4. The van der Waals surface area contributed by atoms with Crippen molar-refractivity contribution >= 4 is 23.5 Å². The van der Waals surface area contributed by atoms with Crippen molar-refractivity contribution in [2.75, 3.05) is 21.0 Å². The van der Waals surface area contributed by atoms with Gasteiger partial charge in [0.2, 0.25) is 0 Å². The second kappa shape index (κ2) is 20.5. The number of rotatable bonds is 20. The van der Waals surface area contributed by atoms with E-state index in [2.05, 4.69) is 102 Å². The molecule has 7 nitrogen and oxygen atoms in total. The Morgan fingerprint density at radius 3 is 0.889 bits per heavy atom. The summed E-state index contributed by atoms with van der Waals surface area (Å²) in [5, 5.41) is 0. The molecule has 0 N–H and O–H groups in total. The Morgan fingerprint density at radius 2 is 0.630 bits per heavy atom. The number of benzene rings is 5. The molecule has 5 aromatic rings. The number of hydrogen-bond donors (Lipinski definition) is 0. The van der Waals surface area contributed by atoms with Gasteiger partial charge < -0.3 is 14.2 Å². The van der Waals surface area contributed by atoms with Gasteiger partial charge in [0.1, 0.15) is 11.6 Å². The number of methoxy groups -OCH3 is 2. The van der Waals surface area contributed by atoms with E-state index in [4.69, 9.17) is 9.47 Å². The second-order valence-electron chi connectivity index (χ2n) is 13.7. The average molecular weight is 725 g/mol. The molecule has 5 aromatic carbocycles. The lowest BCUT2D eigenvalue weighted by Gasteiger charge is -2.08. The van der Waals surface area contributed by atoms with Gasteiger partial charge in [-0.15, -0.1) is 0 Å². The molecule has 0 radical (unpaired) electrons. The lowest BCUT2D eigenvalue weighted by molar-refractivity contribution is -0.154. The maximum atomic E-state index is 12.3. The Bertz CT molecular complexity index is 1960. The molecule has 0 spiro atoms. The fourth-order valence-electron chi connectivity index (χ4n) is 6.23. The monoisotopic (exact) mass is 724 g/mol. The van der Waals surface area contributed by atoms with Crippen molar-refractivity contribution in [3.8, 4) is 0 Å². The van der Waals surface area contributed by atoms with Crippen LogP contribution in [0.1, 0.15) is 81.3 Å². The van der Waals surface area contributed by atoms with Gasteiger partial charge in [0.25, 0.3) is 0 Å². The minimum atomic E-state index is -0.430. The van der Waals surface area contributed by atoms with Gasteiger partial charge >= 0.3 is 11.9 Å². The van der Waals surface area contributed by atoms with Crippen LogP contribution < -0.4 is 0 Å². The molecule has 0 heterocycles. The van der Waals surface area contributed by atoms with Gasteiger partial charge in [-0.3, -0.25) is 19.2 Å². The molecule has 0 bridgehead atoms. The van der Waals surface area contributed by atoms with Gasteiger partial charge in [-0.2, -0.15) is 0 Å². The molecule has 0 atom stereocenters. The van der Waals surface area contributed by atoms with E-state index in [9.17, 15) is 19.2 Å². The summed E-state index contributed by atoms with van der Waals surface area (Å²) in [5.74, 6) is -0.746. The number of ether oxygens (including phenoxy) is 3. The molecule has 278 valence electrons. The number of Topliss-reactive ketones (excluding diaryl/α,β-unsaturated/α-hetero) is 2. The fourth-order valence-corrected chi connectivity index (χ4v) is 6.23. The van der Waals surface area contributed by atoms with Gasteiger partial charge in [0.05, 0.1) is 20.0 Å². The first-order valence-corrected chi connectivity index (χ1v) is 18.4. The van der Waals surface area contributed by atoms with E-state index in [0.717, 1.165) is 36.8 Å². The van der Waals surface area contributed by atoms with E-state index < -0.39 is 5.97 Å². The molecule has 0 unspecified atom stereocenters. The Hall–Kier alpha value is -5.66. The normalized spacial score (nSPS) is 10.9. The van der Waals surface area contributed by atoms with Crippen LogP contribution in [0.15, 0.2) is 121 Å². The van der Waals surface area contributed by atoms with Gasteiger partial charge in [0.15, 0.2) is 6.79 Å². The summed E-state index contributed by atoms with van der Waals surface area (Å²) in [6.07, 6.45) is 4.55. The second-order valence-corrected chi connectivity index (χ2v) is 13.7. The van der Waals surface area contributed by atoms with Crippen LogP contribution in [0.5, 0.6) is 0 Å². The number of carbonyl (C=O) groups excluding carboxylic acids is 4. The molecular weight excluding hydrogens is 677 g/mol. The lowest BCUT2D eigenvalue weighted by Crippen LogP contribution is -2.10. The zero-order chi connectivity index (χ0) is 38.1. The molecule has 0 saturated carbocycles. The Morgan fingerprint density at radius 1 is 0.370 bits per heavy atom. The first-order valence-electron chi connectivity index (χ1n) is 18.4. The third-order valence-electron chi connectivity index (χ3n) is 9.33. The Labute approximate surface area is 318 Å². The van der Waals surface area contributed by atoms with Crippen molar-refractivity contribution in [1.29, 1.82) is 0 Å². The average Bonchev–Trinajstić information content (AvgIpc) is 3.19. The van der Waals surface area contributed by atoms with Crippen molar-refractivity contribution in [3.05, 3.63) is 177 Å². The maximum Gasteiger partial charge on any atom is 0.308 e. The zero-order valence-electron chi connectivity index (χ0n) is 31.2. The molecule has 0 aromatic heterocycles. The van der Waals surface area contributed by atoms with Crippen molar-refractivity contribution in [2.45, 2.75) is 64.2 Å². The number of ketones is 2. The van der Waals surface area contributed by atoms with Crippen LogP contribution in [0.4, 0.5) is 0 Å². The quantitative estimate of drug-likeness (QED) is 0.0591. The third-order valence-corrected chi connectivity index (χ3v) is 9.33. The molecule has 5 rings (SSSR count). The summed E-state index contributed by atoms with van der Waals surface area (Å²) in [7, 11) is 2.78. The molecule has 0 aliphatic heterocycles. The van der Waals surface area contributed by atoms with Gasteiger partial charge in [-0.05, 0) is 81.3 Å². The van der Waals surface area contributed by atoms with Gasteiger partial charge in [-0.25, -0.2) is 0 Å². The Kier molecular flexibility index (Phi) is 15.0. The Balaban J connectivity index is 1.03. The summed E-state index contributed by atoms with van der Waals surface area (Å²) in [4.78, 5) is 47.3. The van der Waals surface area contributed by atoms with E-state index >= 15 is 0 Å². The van der Waals surface area contributed by atoms with Gasteiger partial charge in [-0.1, -0.05) is 121 Å². The van der Waals surface area contributed by atoms with Crippen LogP contribution in [0, 0.1) is 0 Å². The van der Waals surface area contributed by atoms with Crippen LogP contribution in [0.2, 0.25) is 0 Å². The van der Waals surface area contributed by atoms with Crippen LogP contribution in [0.3, 0.4) is 0 Å². The number of esters is 2. The molecule has 54 heavy (non-hydrogen) atoms. The van der Waals surface area contributed by atoms with Crippen LogP contribution >= 0.6 is 0 Å². The topological polar surface area (TPSA) is 96.0 Å². The summed E-state index contributed by atoms with van der Waals surface area (Å²) < 4.78 is 14.1. The number of hydrogen-bond acceptors (Lipinski definition) is 7. The highest BCUT2D eigenvalue weighted by Gasteiger charge is 2.11. The molecule has 0 aliphatic rings. The first kappa shape index (κ1) is 39.5. The molecule has 0 amide bonds. The van der Waals surface area contributed by atoms with Crippen molar-refractivity contribution in [2.24, 2.45) is 0 Å². The molecule has 0 saturated heterocycles.